The van der Waals surface area contributed by atoms with Gasteiger partial charge in [0.2, 0.25) is 0 Å². The van der Waals surface area contributed by atoms with Crippen LogP contribution >= 0.6 is 0 Å². The van der Waals surface area contributed by atoms with Crippen LogP contribution in [-0.4, -0.2) is 10.7 Å². The van der Waals surface area contributed by atoms with Gasteiger partial charge >= 0.3 is 0 Å². The second kappa shape index (κ2) is 7.04. The average Bonchev–Trinajstić information content (AvgIpc) is 2.93. The molecule has 0 aliphatic carbocycles. The molecule has 1 aromatic carbocycles. The van der Waals surface area contributed by atoms with E-state index in [0.717, 1.165) is 30.9 Å². The van der Waals surface area contributed by atoms with Gasteiger partial charge in [0.15, 0.2) is 0 Å². The number of hydrogen-bond acceptors (Lipinski definition) is 2. The van der Waals surface area contributed by atoms with Crippen molar-refractivity contribution in [2.24, 2.45) is 0 Å². The van der Waals surface area contributed by atoms with Crippen LogP contribution in [0.1, 0.15) is 32.9 Å². The van der Waals surface area contributed by atoms with Gasteiger partial charge in [0.05, 0.1) is 12.6 Å². The van der Waals surface area contributed by atoms with Crippen LogP contribution in [0.5, 0.6) is 5.75 Å². The van der Waals surface area contributed by atoms with Crippen LogP contribution in [0, 0.1) is 0 Å². The first kappa shape index (κ1) is 14.5. The van der Waals surface area contributed by atoms with Crippen LogP contribution < -0.4 is 10.1 Å². The van der Waals surface area contributed by atoms with Gasteiger partial charge in [-0.15, -0.1) is 0 Å². The fourth-order valence-corrected chi connectivity index (χ4v) is 2.11. The molecule has 1 atom stereocenters. The van der Waals surface area contributed by atoms with Crippen molar-refractivity contribution in [2.75, 3.05) is 5.32 Å². The van der Waals surface area contributed by atoms with Gasteiger partial charge in [-0.2, -0.15) is 0 Å². The lowest BCUT2D eigenvalue weighted by molar-refractivity contribution is 0.217. The topological polar surface area (TPSA) is 26.2 Å². The maximum atomic E-state index is 5.84. The second-order valence-electron chi connectivity index (χ2n) is 5.00. The second-order valence-corrected chi connectivity index (χ2v) is 5.00. The molecule has 0 saturated carbocycles. The molecule has 0 fully saturated rings. The summed E-state index contributed by atoms with van der Waals surface area (Å²) in [5, 5.41) is 3.45. The van der Waals surface area contributed by atoms with Gasteiger partial charge in [0.25, 0.3) is 0 Å². The molecule has 0 bridgehead atoms. The van der Waals surface area contributed by atoms with E-state index in [4.69, 9.17) is 4.74 Å². The molecule has 0 spiro atoms. The third kappa shape index (κ3) is 3.80. The normalized spacial score (nSPS) is 12.2. The first-order chi connectivity index (χ1) is 9.72. The van der Waals surface area contributed by atoms with E-state index in [0.29, 0.717) is 0 Å². The highest BCUT2D eigenvalue weighted by Crippen LogP contribution is 2.20. The van der Waals surface area contributed by atoms with E-state index < -0.39 is 0 Å². The monoisotopic (exact) mass is 272 g/mol. The summed E-state index contributed by atoms with van der Waals surface area (Å²) in [5.41, 5.74) is 2.38. The Morgan fingerprint density at radius 2 is 2.05 bits per heavy atom. The van der Waals surface area contributed by atoms with Crippen molar-refractivity contribution in [3.05, 3.63) is 48.3 Å². The highest BCUT2D eigenvalue weighted by molar-refractivity contribution is 5.48. The number of anilines is 1. The van der Waals surface area contributed by atoms with Crippen molar-refractivity contribution in [3.63, 3.8) is 0 Å². The number of ether oxygens (including phenoxy) is 1. The number of aryl methyl sites for hydroxylation is 1. The van der Waals surface area contributed by atoms with Crippen molar-refractivity contribution in [1.82, 2.24) is 4.57 Å². The molecular formula is C17H24N2O. The van der Waals surface area contributed by atoms with Crippen molar-refractivity contribution in [2.45, 2.75) is 46.4 Å². The van der Waals surface area contributed by atoms with Crippen LogP contribution in [-0.2, 0) is 13.1 Å². The quantitative estimate of drug-likeness (QED) is 0.813. The van der Waals surface area contributed by atoms with Gasteiger partial charge in [0, 0.05) is 30.2 Å². The van der Waals surface area contributed by atoms with Crippen LogP contribution in [0.2, 0.25) is 0 Å². The number of aromatic nitrogens is 1. The van der Waals surface area contributed by atoms with E-state index in [1.165, 1.54) is 5.69 Å². The molecule has 3 nitrogen and oxygen atoms in total. The highest BCUT2D eigenvalue weighted by atomic mass is 16.5. The third-order valence-corrected chi connectivity index (χ3v) is 3.48. The molecule has 1 aromatic heterocycles. The molecule has 1 heterocycles. The molecule has 2 rings (SSSR count). The van der Waals surface area contributed by atoms with E-state index >= 15 is 0 Å². The Bertz CT molecular complexity index is 533. The highest BCUT2D eigenvalue weighted by Gasteiger charge is 2.03. The van der Waals surface area contributed by atoms with Crippen LogP contribution in [0.15, 0.2) is 42.6 Å². The molecule has 108 valence electrons. The number of nitrogens with one attached hydrogen (secondary N) is 1. The molecule has 2 aromatic rings. The first-order valence-electron chi connectivity index (χ1n) is 7.37. The zero-order chi connectivity index (χ0) is 14.4. The molecular weight excluding hydrogens is 248 g/mol. The minimum atomic E-state index is 0.252. The number of hydrogen-bond donors (Lipinski definition) is 1. The van der Waals surface area contributed by atoms with Crippen molar-refractivity contribution in [1.29, 1.82) is 0 Å². The van der Waals surface area contributed by atoms with Crippen molar-refractivity contribution < 1.29 is 4.74 Å². The summed E-state index contributed by atoms with van der Waals surface area (Å²) in [5.74, 6) is 0.926. The summed E-state index contributed by atoms with van der Waals surface area (Å²) in [6.07, 6.45) is 3.38. The van der Waals surface area contributed by atoms with E-state index in [1.807, 2.05) is 12.1 Å². The fraction of sp³-hybridized carbons (Fsp3) is 0.412. The minimum Gasteiger partial charge on any atom is -0.491 e. The maximum Gasteiger partial charge on any atom is 0.121 e. The van der Waals surface area contributed by atoms with Gasteiger partial charge in [-0.25, -0.2) is 0 Å². The Morgan fingerprint density at radius 3 is 2.80 bits per heavy atom. The number of nitrogens with zero attached hydrogens (tertiary/aromatic N) is 1. The molecule has 20 heavy (non-hydrogen) atoms. The van der Waals surface area contributed by atoms with E-state index in [9.17, 15) is 0 Å². The summed E-state index contributed by atoms with van der Waals surface area (Å²) >= 11 is 0. The molecule has 1 N–H and O–H groups in total. The minimum absolute atomic E-state index is 0.252. The predicted octanol–water partition coefficient (Wildman–Crippen LogP) is 4.30. The lowest BCUT2D eigenvalue weighted by Gasteiger charge is -2.14. The fourth-order valence-electron chi connectivity index (χ4n) is 2.11. The molecule has 0 amide bonds. The van der Waals surface area contributed by atoms with Crippen LogP contribution in [0.4, 0.5) is 5.69 Å². The summed E-state index contributed by atoms with van der Waals surface area (Å²) in [6.45, 7) is 8.21. The van der Waals surface area contributed by atoms with Gasteiger partial charge < -0.3 is 14.6 Å². The van der Waals surface area contributed by atoms with Crippen LogP contribution in [0.25, 0.3) is 0 Å². The smallest absolute Gasteiger partial charge is 0.121 e. The van der Waals surface area contributed by atoms with Gasteiger partial charge in [-0.05, 0) is 44.5 Å². The average molecular weight is 272 g/mol. The zero-order valence-corrected chi connectivity index (χ0v) is 12.6. The van der Waals surface area contributed by atoms with Gasteiger partial charge in [0.1, 0.15) is 5.75 Å². The Labute approximate surface area is 121 Å². The number of rotatable bonds is 7. The Balaban J connectivity index is 1.97. The summed E-state index contributed by atoms with van der Waals surface area (Å²) < 4.78 is 8.08. The van der Waals surface area contributed by atoms with Gasteiger partial charge in [-0.3, -0.25) is 0 Å². The number of benzene rings is 1. The Morgan fingerprint density at radius 1 is 1.20 bits per heavy atom. The Kier molecular flexibility index (Phi) is 5.10. The maximum absolute atomic E-state index is 5.84. The Hall–Kier alpha value is -1.90. The van der Waals surface area contributed by atoms with Gasteiger partial charge in [-0.1, -0.05) is 13.0 Å². The largest absolute Gasteiger partial charge is 0.491 e. The lowest BCUT2D eigenvalue weighted by atomic mass is 10.2. The first-order valence-corrected chi connectivity index (χ1v) is 7.37. The summed E-state index contributed by atoms with van der Waals surface area (Å²) in [4.78, 5) is 0. The van der Waals surface area contributed by atoms with Crippen molar-refractivity contribution >= 4 is 5.69 Å². The zero-order valence-electron chi connectivity index (χ0n) is 12.6. The molecule has 0 radical (unpaired) electrons. The van der Waals surface area contributed by atoms with Crippen molar-refractivity contribution in [3.8, 4) is 5.75 Å². The standard InChI is InChI=1S/C17H24N2O/c1-4-14(3)20-17-10-6-8-15(12-17)18-13-16-9-7-11-19(16)5-2/h6-12,14,18H,4-5,13H2,1-3H3. The van der Waals surface area contributed by atoms with E-state index in [-0.39, 0.29) is 6.10 Å². The van der Waals surface area contributed by atoms with E-state index in [1.54, 1.807) is 0 Å². The molecule has 1 unspecified atom stereocenters. The third-order valence-electron chi connectivity index (χ3n) is 3.48. The molecule has 0 saturated heterocycles. The van der Waals surface area contributed by atoms with Crippen LogP contribution in [0.3, 0.4) is 0 Å². The summed E-state index contributed by atoms with van der Waals surface area (Å²) in [6, 6.07) is 12.4. The predicted molar refractivity (Wildman–Crippen MR) is 84.3 cm³/mol. The summed E-state index contributed by atoms with van der Waals surface area (Å²) in [7, 11) is 0. The SMILES string of the molecule is CCC(C)Oc1cccc(NCc2cccn2CC)c1. The lowest BCUT2D eigenvalue weighted by Crippen LogP contribution is -2.10. The van der Waals surface area contributed by atoms with E-state index in [2.05, 4.69) is 61.1 Å². The molecule has 3 heteroatoms. The molecule has 0 aliphatic rings. The molecule has 0 aliphatic heterocycles.